The number of halogens is 2. The van der Waals surface area contributed by atoms with Crippen LogP contribution in [0.15, 0.2) is 54.7 Å². The maximum atomic E-state index is 14.0. The summed E-state index contributed by atoms with van der Waals surface area (Å²) < 4.78 is 34.8. The summed E-state index contributed by atoms with van der Waals surface area (Å²) in [7, 11) is 1.63. The van der Waals surface area contributed by atoms with Gasteiger partial charge in [-0.3, -0.25) is 9.78 Å². The van der Waals surface area contributed by atoms with E-state index < -0.39 is 12.3 Å². The number of pyridine rings is 2. The van der Waals surface area contributed by atoms with E-state index in [4.69, 9.17) is 4.74 Å². The highest BCUT2D eigenvalue weighted by Crippen LogP contribution is 2.36. The number of aryl methyl sites for hydroxylation is 2. The fourth-order valence-corrected chi connectivity index (χ4v) is 3.54. The minimum absolute atomic E-state index is 0.0692. The number of carbonyl (C=O) groups excluding carboxylic acids is 1. The van der Waals surface area contributed by atoms with Gasteiger partial charge in [0.2, 0.25) is 5.88 Å². The monoisotopic (exact) mass is 451 g/mol. The molecule has 1 amide bonds. The van der Waals surface area contributed by atoms with E-state index in [1.165, 1.54) is 10.7 Å². The van der Waals surface area contributed by atoms with Crippen molar-refractivity contribution in [2.24, 2.45) is 7.05 Å². The first-order valence-electron chi connectivity index (χ1n) is 10.4. The van der Waals surface area contributed by atoms with Gasteiger partial charge in [-0.1, -0.05) is 36.4 Å². The van der Waals surface area contributed by atoms with Gasteiger partial charge in [0.1, 0.15) is 5.69 Å². The normalized spacial score (nSPS) is 12.2. The molecule has 170 valence electrons. The minimum Gasteiger partial charge on any atom is -0.467 e. The van der Waals surface area contributed by atoms with Gasteiger partial charge in [0, 0.05) is 36.1 Å². The SMILES string of the molecule is Cc1ccc(C(C)NC(=O)COc2cc(C(F)F)c3c(-c4ccccc4)nn(C)c3n2)cn1. The molecule has 0 aliphatic rings. The molecule has 33 heavy (non-hydrogen) atoms. The van der Waals surface area contributed by atoms with Gasteiger partial charge in [-0.25, -0.2) is 13.5 Å². The molecule has 1 unspecified atom stereocenters. The molecule has 0 saturated heterocycles. The molecule has 0 bridgehead atoms. The van der Waals surface area contributed by atoms with E-state index in [1.54, 1.807) is 25.4 Å². The molecule has 0 aliphatic heterocycles. The number of amides is 1. The van der Waals surface area contributed by atoms with Gasteiger partial charge in [-0.05, 0) is 25.5 Å². The van der Waals surface area contributed by atoms with E-state index >= 15 is 0 Å². The third-order valence-corrected chi connectivity index (χ3v) is 5.25. The van der Waals surface area contributed by atoms with Gasteiger partial charge >= 0.3 is 0 Å². The number of fused-ring (bicyclic) bond motifs is 1. The Balaban J connectivity index is 1.55. The van der Waals surface area contributed by atoms with Crippen molar-refractivity contribution in [2.45, 2.75) is 26.3 Å². The average molecular weight is 451 g/mol. The van der Waals surface area contributed by atoms with Crippen molar-refractivity contribution in [3.63, 3.8) is 0 Å². The second kappa shape index (κ2) is 9.32. The molecular weight excluding hydrogens is 428 g/mol. The lowest BCUT2D eigenvalue weighted by Crippen LogP contribution is -2.31. The summed E-state index contributed by atoms with van der Waals surface area (Å²) in [4.78, 5) is 20.9. The summed E-state index contributed by atoms with van der Waals surface area (Å²) in [5.41, 5.74) is 2.85. The van der Waals surface area contributed by atoms with E-state index in [0.29, 0.717) is 11.3 Å². The lowest BCUT2D eigenvalue weighted by molar-refractivity contribution is -0.123. The molecule has 3 aromatic heterocycles. The van der Waals surface area contributed by atoms with Gasteiger partial charge in [0.15, 0.2) is 12.3 Å². The third kappa shape index (κ3) is 4.82. The second-order valence-electron chi connectivity index (χ2n) is 7.70. The molecule has 0 saturated carbocycles. The van der Waals surface area contributed by atoms with Gasteiger partial charge < -0.3 is 10.1 Å². The van der Waals surface area contributed by atoms with Crippen LogP contribution < -0.4 is 10.1 Å². The van der Waals surface area contributed by atoms with Gasteiger partial charge in [-0.2, -0.15) is 10.1 Å². The number of nitrogens with zero attached hydrogens (tertiary/aromatic N) is 4. The van der Waals surface area contributed by atoms with Crippen molar-refractivity contribution < 1.29 is 18.3 Å². The summed E-state index contributed by atoms with van der Waals surface area (Å²) in [6.07, 6.45) is -1.08. The largest absolute Gasteiger partial charge is 0.467 e. The number of rotatable bonds is 7. The van der Waals surface area contributed by atoms with Crippen molar-refractivity contribution in [1.82, 2.24) is 25.1 Å². The van der Waals surface area contributed by atoms with Crippen molar-refractivity contribution in [3.05, 3.63) is 71.5 Å². The fraction of sp³-hybridized carbons (Fsp3) is 0.250. The van der Waals surface area contributed by atoms with Crippen LogP contribution in [-0.4, -0.2) is 32.3 Å². The van der Waals surface area contributed by atoms with Crippen LogP contribution in [0.4, 0.5) is 8.78 Å². The predicted octanol–water partition coefficient (Wildman–Crippen LogP) is 4.53. The Hall–Kier alpha value is -3.88. The molecule has 1 N–H and O–H groups in total. The highest BCUT2D eigenvalue weighted by atomic mass is 19.3. The second-order valence-corrected chi connectivity index (χ2v) is 7.70. The van der Waals surface area contributed by atoms with Crippen molar-refractivity contribution in [2.75, 3.05) is 6.61 Å². The first-order valence-corrected chi connectivity index (χ1v) is 10.4. The zero-order chi connectivity index (χ0) is 23.5. The topological polar surface area (TPSA) is 81.9 Å². The Labute approximate surface area is 189 Å². The van der Waals surface area contributed by atoms with Gasteiger partial charge in [0.05, 0.1) is 11.4 Å². The first-order chi connectivity index (χ1) is 15.8. The van der Waals surface area contributed by atoms with Crippen molar-refractivity contribution in [1.29, 1.82) is 0 Å². The summed E-state index contributed by atoms with van der Waals surface area (Å²) in [6.45, 7) is 3.34. The summed E-state index contributed by atoms with van der Waals surface area (Å²) >= 11 is 0. The lowest BCUT2D eigenvalue weighted by Gasteiger charge is -2.15. The molecule has 1 aromatic carbocycles. The third-order valence-electron chi connectivity index (χ3n) is 5.25. The van der Waals surface area contributed by atoms with E-state index in [2.05, 4.69) is 20.4 Å². The van der Waals surface area contributed by atoms with Crippen molar-refractivity contribution >= 4 is 16.9 Å². The molecule has 3 heterocycles. The van der Waals surface area contributed by atoms with Crippen molar-refractivity contribution in [3.8, 4) is 17.1 Å². The molecule has 0 spiro atoms. The molecule has 0 aliphatic carbocycles. The highest BCUT2D eigenvalue weighted by Gasteiger charge is 2.23. The maximum Gasteiger partial charge on any atom is 0.264 e. The zero-order valence-electron chi connectivity index (χ0n) is 18.4. The van der Waals surface area contributed by atoms with Gasteiger partial charge in [0.25, 0.3) is 12.3 Å². The Bertz CT molecular complexity index is 1270. The summed E-state index contributed by atoms with van der Waals surface area (Å²) in [5.74, 6) is -0.473. The first kappa shape index (κ1) is 22.3. The van der Waals surface area contributed by atoms with Crippen LogP contribution in [-0.2, 0) is 11.8 Å². The number of ether oxygens (including phenoxy) is 1. The predicted molar refractivity (Wildman–Crippen MR) is 120 cm³/mol. The fourth-order valence-electron chi connectivity index (χ4n) is 3.54. The Morgan fingerprint density at radius 3 is 2.61 bits per heavy atom. The standard InChI is InChI=1S/C24H23F2N5O2/c1-14-9-10-17(12-27-14)15(2)28-19(32)13-33-20-11-18(23(25)26)21-22(16-7-5-4-6-8-16)30-31(3)24(21)29-20/h4-12,15,23H,13H2,1-3H3,(H,28,32). The molecule has 1 atom stereocenters. The quantitative estimate of drug-likeness (QED) is 0.446. The molecule has 0 radical (unpaired) electrons. The van der Waals surface area contributed by atoms with Crippen LogP contribution in [0.3, 0.4) is 0 Å². The zero-order valence-corrected chi connectivity index (χ0v) is 18.4. The number of hydrogen-bond donors (Lipinski definition) is 1. The number of hydrogen-bond acceptors (Lipinski definition) is 5. The maximum absolute atomic E-state index is 14.0. The number of nitrogens with one attached hydrogen (secondary N) is 1. The molecule has 4 aromatic rings. The van der Waals surface area contributed by atoms with Crippen LogP contribution >= 0.6 is 0 Å². The summed E-state index contributed by atoms with van der Waals surface area (Å²) in [5, 5.41) is 7.46. The van der Waals surface area contributed by atoms with Crippen LogP contribution in [0, 0.1) is 6.92 Å². The Kier molecular flexibility index (Phi) is 6.30. The smallest absolute Gasteiger partial charge is 0.264 e. The minimum atomic E-state index is -2.77. The van der Waals surface area contributed by atoms with Crippen LogP contribution in [0.5, 0.6) is 5.88 Å². The van der Waals surface area contributed by atoms with Crippen LogP contribution in [0.1, 0.15) is 36.2 Å². The summed E-state index contributed by atoms with van der Waals surface area (Å²) in [6, 6.07) is 13.7. The average Bonchev–Trinajstić information content (AvgIpc) is 3.14. The van der Waals surface area contributed by atoms with Gasteiger partial charge in [-0.15, -0.1) is 0 Å². The molecule has 9 heteroatoms. The van der Waals surface area contributed by atoms with E-state index in [9.17, 15) is 13.6 Å². The number of aromatic nitrogens is 4. The number of carbonyl (C=O) groups is 1. The number of benzene rings is 1. The van der Waals surface area contributed by atoms with Crippen LogP contribution in [0.25, 0.3) is 22.3 Å². The molecule has 4 rings (SSSR count). The van der Waals surface area contributed by atoms with E-state index in [1.807, 2.05) is 44.2 Å². The Morgan fingerprint density at radius 1 is 1.18 bits per heavy atom. The van der Waals surface area contributed by atoms with Crippen LogP contribution in [0.2, 0.25) is 0 Å². The number of alkyl halides is 2. The Morgan fingerprint density at radius 2 is 1.94 bits per heavy atom. The molecule has 7 nitrogen and oxygen atoms in total. The highest BCUT2D eigenvalue weighted by molar-refractivity contribution is 5.94. The van der Waals surface area contributed by atoms with E-state index in [0.717, 1.165) is 11.3 Å². The molecule has 0 fully saturated rings. The molecular formula is C24H23F2N5O2. The lowest BCUT2D eigenvalue weighted by atomic mass is 10.1. The van der Waals surface area contributed by atoms with E-state index in [-0.39, 0.29) is 35.1 Å².